The van der Waals surface area contributed by atoms with Crippen LogP contribution in [-0.2, 0) is 119 Å². The van der Waals surface area contributed by atoms with Gasteiger partial charge in [0.05, 0.1) is 108 Å². The Morgan fingerprint density at radius 3 is 0.989 bits per heavy atom. The molecule has 0 bridgehead atoms. The Morgan fingerprint density at radius 1 is 0.371 bits per heavy atom. The minimum Gasteiger partial charge on any atom is -0.394 e. The molecule has 0 saturated carbocycles. The first-order chi connectivity index (χ1) is 42.2. The molecule has 89 heavy (non-hydrogen) atoms. The van der Waals surface area contributed by atoms with E-state index in [0.717, 1.165) is 0 Å². The Labute approximate surface area is 523 Å². The van der Waals surface area contributed by atoms with Crippen molar-refractivity contribution in [3.05, 3.63) is 0 Å². The maximum Gasteiger partial charge on any atom is 0.397 e. The largest absolute Gasteiger partial charge is 0.397 e. The zero-order valence-electron chi connectivity index (χ0n) is 53.2. The summed E-state index contributed by atoms with van der Waals surface area (Å²) in [6, 6.07) is 0. The summed E-state index contributed by atoms with van der Waals surface area (Å²) in [6.07, 6.45) is -16.4. The predicted molar refractivity (Wildman–Crippen MR) is 304 cm³/mol. The second-order valence-corrected chi connectivity index (χ2v) is 27.4. The minimum absolute atomic E-state index is 0.00939. The van der Waals surface area contributed by atoms with Gasteiger partial charge >= 0.3 is 20.8 Å². The molecule has 0 amide bonds. The van der Waals surface area contributed by atoms with Crippen LogP contribution in [0.15, 0.2) is 0 Å². The van der Waals surface area contributed by atoms with Gasteiger partial charge in [-0.25, -0.2) is 8.37 Å². The smallest absolute Gasteiger partial charge is 0.394 e. The average molecular weight is 1330 g/mol. The molecule has 8 aliphatic heterocycles. The van der Waals surface area contributed by atoms with Crippen molar-refractivity contribution in [3.8, 4) is 0 Å². The van der Waals surface area contributed by atoms with E-state index >= 15 is 0 Å². The van der Waals surface area contributed by atoms with E-state index in [4.69, 9.17) is 98.4 Å². The third-order valence-corrected chi connectivity index (χ3v) is 20.7. The predicted octanol–water partition coefficient (Wildman–Crippen LogP) is 1.76. The fraction of sp³-hybridized carbons (Fsp3) is 1.00. The van der Waals surface area contributed by atoms with Gasteiger partial charge in [-0.05, 0) is 36.5 Å². The molecule has 0 aliphatic carbocycles. The third-order valence-electron chi connectivity index (χ3n) is 19.9. The Bertz CT molecular complexity index is 2360. The SMILES string of the molecule is CO[C@H]1C[C@H](O[C@@H]2C(COS(=O)(=O)O)O[C@@H](O[C@H]3CO[C@@H](O[C@@H]4C(COS(=O)(=O)O)O[C@@H](O[C@H]5CO[C@@H](O[C@@H]6C(CO)O[C@@H](O[C@H]7CO[C@@H](O[C@@H]8C(CO)O[C@@H](C)C(C)[C@H]8C)C[C@@H]7OC)C(C)[C@H]6C)C[C@@H]5OC)C(C)[C@H]4C)C[C@@H]3OC)C(C)[C@H]2C)OC[C@H]1O. The summed E-state index contributed by atoms with van der Waals surface area (Å²) in [5.41, 5.74) is 0. The maximum atomic E-state index is 12.0. The molecule has 520 valence electrons. The van der Waals surface area contributed by atoms with Gasteiger partial charge in [0.25, 0.3) is 0 Å². The van der Waals surface area contributed by atoms with Crippen molar-refractivity contribution in [1.29, 1.82) is 0 Å². The first-order valence-corrected chi connectivity index (χ1v) is 33.8. The molecule has 8 rings (SSSR count). The molecule has 8 saturated heterocycles. The molecule has 30 nitrogen and oxygen atoms in total. The molecular weight excluding hydrogens is 1230 g/mol. The van der Waals surface area contributed by atoms with Crippen LogP contribution in [0.3, 0.4) is 0 Å². The molecule has 0 radical (unpaired) electrons. The quantitative estimate of drug-likeness (QED) is 0.0770. The summed E-state index contributed by atoms with van der Waals surface area (Å²) in [4.78, 5) is 0. The van der Waals surface area contributed by atoms with Crippen molar-refractivity contribution in [2.24, 2.45) is 47.3 Å². The Balaban J connectivity index is 0.839. The molecule has 8 aliphatic rings. The van der Waals surface area contributed by atoms with Crippen molar-refractivity contribution in [2.75, 3.05) is 81.3 Å². The molecule has 8 heterocycles. The molecule has 32 heteroatoms. The van der Waals surface area contributed by atoms with Crippen LogP contribution < -0.4 is 0 Å². The zero-order chi connectivity index (χ0) is 64.8. The summed E-state index contributed by atoms with van der Waals surface area (Å²) >= 11 is 0. The summed E-state index contributed by atoms with van der Waals surface area (Å²) in [5.74, 6) is -1.70. The summed E-state index contributed by atoms with van der Waals surface area (Å²) < 4.78 is 195. The topological polar surface area (TPSA) is 363 Å². The molecular formula is C57H100O30S2. The Kier molecular flexibility index (Phi) is 27.1. The highest BCUT2D eigenvalue weighted by molar-refractivity contribution is 7.81. The highest BCUT2D eigenvalue weighted by atomic mass is 32.3. The molecule has 8 fully saturated rings. The summed E-state index contributed by atoms with van der Waals surface area (Å²) in [5, 5.41) is 31.1. The Morgan fingerprint density at radius 2 is 0.663 bits per heavy atom. The van der Waals surface area contributed by atoms with Gasteiger partial charge in [-0.2, -0.15) is 16.8 Å². The summed E-state index contributed by atoms with van der Waals surface area (Å²) in [6.45, 7) is 15.8. The fourth-order valence-electron chi connectivity index (χ4n) is 13.4. The van der Waals surface area contributed by atoms with Gasteiger partial charge in [0.15, 0.2) is 44.0 Å². The van der Waals surface area contributed by atoms with E-state index in [2.05, 4.69) is 13.8 Å². The lowest BCUT2D eigenvalue weighted by atomic mass is 9.82. The van der Waals surface area contributed by atoms with Gasteiger partial charge < -0.3 is 105 Å². The molecule has 32 atom stereocenters. The van der Waals surface area contributed by atoms with E-state index < -0.39 is 181 Å². The molecule has 5 N–H and O–H groups in total. The molecule has 0 aromatic carbocycles. The van der Waals surface area contributed by atoms with Gasteiger partial charge in [0, 0.05) is 71.9 Å². The van der Waals surface area contributed by atoms with Crippen molar-refractivity contribution < 1.29 is 140 Å². The fourth-order valence-corrected chi connectivity index (χ4v) is 14.0. The lowest BCUT2D eigenvalue weighted by molar-refractivity contribution is -0.353. The first-order valence-electron chi connectivity index (χ1n) is 31.1. The number of aliphatic hydroxyl groups excluding tert-OH is 3. The van der Waals surface area contributed by atoms with Crippen molar-refractivity contribution in [1.82, 2.24) is 0 Å². The van der Waals surface area contributed by atoms with Gasteiger partial charge in [-0.3, -0.25) is 9.11 Å². The highest BCUT2D eigenvalue weighted by Gasteiger charge is 2.53. The van der Waals surface area contributed by atoms with E-state index in [1.54, 1.807) is 7.11 Å². The van der Waals surface area contributed by atoms with E-state index in [0.29, 0.717) is 6.42 Å². The van der Waals surface area contributed by atoms with Gasteiger partial charge in [0.2, 0.25) is 0 Å². The number of ether oxygens (including phenoxy) is 19. The van der Waals surface area contributed by atoms with E-state index in [9.17, 15) is 41.3 Å². The lowest BCUT2D eigenvalue weighted by Crippen LogP contribution is -2.59. The molecule has 0 spiro atoms. The summed E-state index contributed by atoms with van der Waals surface area (Å²) in [7, 11) is -3.75. The average Bonchev–Trinajstić information content (AvgIpc) is 1.01. The van der Waals surface area contributed by atoms with Crippen LogP contribution in [0.5, 0.6) is 0 Å². The lowest BCUT2D eigenvalue weighted by Gasteiger charge is -2.49. The van der Waals surface area contributed by atoms with Crippen LogP contribution >= 0.6 is 0 Å². The highest BCUT2D eigenvalue weighted by Crippen LogP contribution is 2.42. The van der Waals surface area contributed by atoms with Gasteiger partial charge in [-0.15, -0.1) is 0 Å². The second-order valence-electron chi connectivity index (χ2n) is 25.3. The number of rotatable bonds is 26. The minimum atomic E-state index is -4.94. The maximum absolute atomic E-state index is 12.0. The third kappa shape index (κ3) is 18.7. The van der Waals surface area contributed by atoms with Crippen LogP contribution in [0.4, 0.5) is 0 Å². The first kappa shape index (κ1) is 73.7. The van der Waals surface area contributed by atoms with Gasteiger partial charge in [-0.1, -0.05) is 55.4 Å². The Hall–Kier alpha value is -1.14. The standard InChI is InChI=1S/C57H100O30S2/c1-26-27(2)51(40(18-58)77-34(26)9)84-48-15-37(68-11)42(21-72-48)79-55-31(6)28(3)52(41(19-59)78-55)85-49-16-38(69-12)43(22-73-49)80-57-33(8)30(5)54(46(83-57)25-76-89(64,65)66)87-50-17-39(70-13)44(23-74-50)81-56-32(7)29(4)53(45(82-56)24-75-88(61,62)63)86-47-14-36(67-10)35(60)20-71-47/h26-60H,14-25H2,1-13H3,(H,61,62,63)(H,64,65,66)/t26?,27-,28-,29-,30-,31?,32?,33?,34+,35-,36+,37+,38+,39+,40?,41?,42+,43+,44+,45?,46?,47+,48+,49+,50+,51+,52+,53+,54+,55+,56-,57-/m1/s1. The van der Waals surface area contributed by atoms with Crippen molar-refractivity contribution in [3.63, 3.8) is 0 Å². The number of hydrogen-bond donors (Lipinski definition) is 5. The second kappa shape index (κ2) is 32.7. The molecule has 0 aromatic rings. The molecule has 8 unspecified atom stereocenters. The van der Waals surface area contributed by atoms with Crippen molar-refractivity contribution >= 4 is 20.8 Å². The van der Waals surface area contributed by atoms with Crippen LogP contribution in [0.25, 0.3) is 0 Å². The van der Waals surface area contributed by atoms with Crippen LogP contribution in [0.1, 0.15) is 88.0 Å². The number of hydrogen-bond acceptors (Lipinski definition) is 28. The monoisotopic (exact) mass is 1330 g/mol. The van der Waals surface area contributed by atoms with E-state index in [1.165, 1.54) is 21.3 Å². The number of methoxy groups -OCH3 is 4. The molecule has 0 aromatic heterocycles. The van der Waals surface area contributed by atoms with Crippen LogP contribution in [0.2, 0.25) is 0 Å². The van der Waals surface area contributed by atoms with E-state index in [1.807, 2.05) is 48.5 Å². The van der Waals surface area contributed by atoms with Crippen molar-refractivity contribution in [2.45, 2.75) is 236 Å². The van der Waals surface area contributed by atoms with Crippen LogP contribution in [-0.4, -0.2) is 270 Å². The van der Waals surface area contributed by atoms with E-state index in [-0.39, 0.29) is 107 Å². The normalized spacial score (nSPS) is 47.2. The number of aliphatic hydroxyl groups is 3. The van der Waals surface area contributed by atoms with Crippen LogP contribution in [0, 0.1) is 47.3 Å². The van der Waals surface area contributed by atoms with Gasteiger partial charge in [0.1, 0.15) is 48.8 Å². The zero-order valence-corrected chi connectivity index (χ0v) is 54.9.